The van der Waals surface area contributed by atoms with Crippen LogP contribution in [0.4, 0.5) is 5.69 Å². The van der Waals surface area contributed by atoms with Crippen LogP contribution in [0.5, 0.6) is 0 Å². The fourth-order valence-corrected chi connectivity index (χ4v) is 3.04. The highest BCUT2D eigenvalue weighted by atomic mass is 15.3. The fourth-order valence-electron chi connectivity index (χ4n) is 3.04. The molecular weight excluding hydrogens is 292 g/mol. The number of benzene rings is 2. The number of nitrogens with one attached hydrogen (secondary N) is 1. The Bertz CT molecular complexity index is 790. The summed E-state index contributed by atoms with van der Waals surface area (Å²) in [5.74, 6) is 0. The van der Waals surface area contributed by atoms with Crippen molar-refractivity contribution in [2.24, 2.45) is 10.5 Å². The highest BCUT2D eigenvalue weighted by molar-refractivity contribution is 5.91. The van der Waals surface area contributed by atoms with Gasteiger partial charge in [0.1, 0.15) is 0 Å². The molecule has 0 fully saturated rings. The van der Waals surface area contributed by atoms with Gasteiger partial charge in [-0.3, -0.25) is 5.43 Å². The lowest BCUT2D eigenvalue weighted by molar-refractivity contribution is 0.520. The van der Waals surface area contributed by atoms with Crippen molar-refractivity contribution in [2.45, 2.75) is 27.2 Å². The number of para-hydroxylation sites is 1. The van der Waals surface area contributed by atoms with E-state index >= 15 is 0 Å². The van der Waals surface area contributed by atoms with E-state index in [1.54, 1.807) is 0 Å². The van der Waals surface area contributed by atoms with E-state index in [0.717, 1.165) is 17.7 Å². The van der Waals surface area contributed by atoms with Crippen molar-refractivity contribution in [1.82, 2.24) is 0 Å². The van der Waals surface area contributed by atoms with Crippen LogP contribution >= 0.6 is 0 Å². The molecule has 2 aromatic carbocycles. The van der Waals surface area contributed by atoms with Gasteiger partial charge in [-0.25, -0.2) is 0 Å². The van der Waals surface area contributed by atoms with Crippen LogP contribution in [-0.4, -0.2) is 6.21 Å². The maximum atomic E-state index is 4.41. The average molecular weight is 316 g/mol. The van der Waals surface area contributed by atoms with E-state index in [0.29, 0.717) is 0 Å². The highest BCUT2D eigenvalue weighted by Crippen LogP contribution is 2.39. The Labute approximate surface area is 144 Å². The average Bonchev–Trinajstić information content (AvgIpc) is 3.06. The van der Waals surface area contributed by atoms with Crippen LogP contribution in [0.1, 0.15) is 38.3 Å². The third-order valence-corrected chi connectivity index (χ3v) is 4.20. The van der Waals surface area contributed by atoms with E-state index in [1.165, 1.54) is 16.7 Å². The normalized spacial score (nSPS) is 14.6. The molecule has 0 radical (unpaired) electrons. The van der Waals surface area contributed by atoms with Crippen LogP contribution in [0.15, 0.2) is 77.4 Å². The van der Waals surface area contributed by atoms with Gasteiger partial charge in [-0.1, -0.05) is 75.4 Å². The summed E-state index contributed by atoms with van der Waals surface area (Å²) < 4.78 is 0. The molecule has 0 atom stereocenters. The van der Waals surface area contributed by atoms with Gasteiger partial charge in [0.2, 0.25) is 0 Å². The molecule has 0 saturated carbocycles. The van der Waals surface area contributed by atoms with Crippen LogP contribution in [0, 0.1) is 5.41 Å². The third-order valence-electron chi connectivity index (χ3n) is 4.20. The fraction of sp³-hybridized carbons (Fsp3) is 0.227. The molecule has 3 rings (SSSR count). The molecule has 1 aliphatic carbocycles. The van der Waals surface area contributed by atoms with E-state index in [4.69, 9.17) is 0 Å². The Hall–Kier alpha value is -2.61. The van der Waals surface area contributed by atoms with Crippen molar-refractivity contribution >= 4 is 17.5 Å². The highest BCUT2D eigenvalue weighted by Gasteiger charge is 2.23. The number of hydrogen-bond donors (Lipinski definition) is 1. The van der Waals surface area contributed by atoms with Crippen LogP contribution in [0.2, 0.25) is 0 Å². The van der Waals surface area contributed by atoms with Crippen LogP contribution in [0.3, 0.4) is 0 Å². The SMILES string of the molecule is CC(C)(C)C1=C(c2ccccc2C=NNc2ccccc2)CC=C1. The predicted molar refractivity (Wildman–Crippen MR) is 104 cm³/mol. The molecule has 1 N–H and O–H groups in total. The quantitative estimate of drug-likeness (QED) is 0.552. The number of hydrazone groups is 1. The summed E-state index contributed by atoms with van der Waals surface area (Å²) in [6.07, 6.45) is 7.43. The predicted octanol–water partition coefficient (Wildman–Crippen LogP) is 5.89. The van der Waals surface area contributed by atoms with Gasteiger partial charge in [0.15, 0.2) is 0 Å². The molecule has 24 heavy (non-hydrogen) atoms. The Kier molecular flexibility index (Phi) is 4.66. The minimum atomic E-state index is 0.148. The minimum absolute atomic E-state index is 0.148. The van der Waals surface area contributed by atoms with Crippen LogP contribution in [-0.2, 0) is 0 Å². The minimum Gasteiger partial charge on any atom is -0.279 e. The maximum absolute atomic E-state index is 4.41. The van der Waals surface area contributed by atoms with Gasteiger partial charge in [-0.05, 0) is 40.7 Å². The molecule has 0 amide bonds. The number of nitrogens with zero attached hydrogens (tertiary/aromatic N) is 1. The number of rotatable bonds is 4. The molecule has 0 aliphatic heterocycles. The molecule has 2 aromatic rings. The topological polar surface area (TPSA) is 24.4 Å². The van der Waals surface area contributed by atoms with E-state index < -0.39 is 0 Å². The summed E-state index contributed by atoms with van der Waals surface area (Å²) in [5.41, 5.74) is 9.46. The Morgan fingerprint density at radius 2 is 1.67 bits per heavy atom. The van der Waals surface area contributed by atoms with Crippen molar-refractivity contribution in [3.63, 3.8) is 0 Å². The van der Waals surface area contributed by atoms with Crippen molar-refractivity contribution in [1.29, 1.82) is 0 Å². The summed E-state index contributed by atoms with van der Waals surface area (Å²) in [6, 6.07) is 18.5. The molecule has 1 aliphatic rings. The number of allylic oxidation sites excluding steroid dienone is 4. The number of anilines is 1. The van der Waals surface area contributed by atoms with Crippen LogP contribution < -0.4 is 5.43 Å². The van der Waals surface area contributed by atoms with Gasteiger partial charge < -0.3 is 0 Å². The van der Waals surface area contributed by atoms with Crippen molar-refractivity contribution in [3.8, 4) is 0 Å². The lowest BCUT2D eigenvalue weighted by atomic mass is 9.82. The van der Waals surface area contributed by atoms with Gasteiger partial charge >= 0.3 is 0 Å². The van der Waals surface area contributed by atoms with Crippen molar-refractivity contribution in [3.05, 3.63) is 83.4 Å². The molecule has 0 unspecified atom stereocenters. The van der Waals surface area contributed by atoms with Crippen molar-refractivity contribution < 1.29 is 0 Å². The Balaban J connectivity index is 1.89. The summed E-state index contributed by atoms with van der Waals surface area (Å²) in [4.78, 5) is 0. The van der Waals surface area contributed by atoms with E-state index in [-0.39, 0.29) is 5.41 Å². The van der Waals surface area contributed by atoms with Crippen molar-refractivity contribution in [2.75, 3.05) is 5.43 Å². The largest absolute Gasteiger partial charge is 0.279 e. The zero-order valence-electron chi connectivity index (χ0n) is 14.6. The molecule has 122 valence electrons. The first-order chi connectivity index (χ1) is 11.6. The van der Waals surface area contributed by atoms with Gasteiger partial charge in [-0.15, -0.1) is 0 Å². The maximum Gasteiger partial charge on any atom is 0.0561 e. The summed E-state index contributed by atoms with van der Waals surface area (Å²) >= 11 is 0. The van der Waals surface area contributed by atoms with Gasteiger partial charge in [0.25, 0.3) is 0 Å². The molecule has 2 heteroatoms. The molecule has 0 saturated heterocycles. The monoisotopic (exact) mass is 316 g/mol. The van der Waals surface area contributed by atoms with E-state index in [1.807, 2.05) is 36.5 Å². The second-order valence-corrected chi connectivity index (χ2v) is 7.07. The third kappa shape index (κ3) is 3.65. The lowest BCUT2D eigenvalue weighted by Crippen LogP contribution is -2.09. The Morgan fingerprint density at radius 1 is 0.958 bits per heavy atom. The second-order valence-electron chi connectivity index (χ2n) is 7.07. The van der Waals surface area contributed by atoms with E-state index in [9.17, 15) is 0 Å². The zero-order valence-corrected chi connectivity index (χ0v) is 14.6. The summed E-state index contributed by atoms with van der Waals surface area (Å²) in [5, 5.41) is 4.41. The molecule has 0 spiro atoms. The molecule has 0 aromatic heterocycles. The molecule has 2 nitrogen and oxygen atoms in total. The summed E-state index contributed by atoms with van der Waals surface area (Å²) in [7, 11) is 0. The first kappa shape index (κ1) is 16.3. The van der Waals surface area contributed by atoms with Crippen LogP contribution in [0.25, 0.3) is 5.57 Å². The first-order valence-corrected chi connectivity index (χ1v) is 8.39. The molecule has 0 heterocycles. The van der Waals surface area contributed by atoms with Gasteiger partial charge in [0, 0.05) is 5.56 Å². The lowest BCUT2D eigenvalue weighted by Gasteiger charge is -2.22. The first-order valence-electron chi connectivity index (χ1n) is 8.39. The Morgan fingerprint density at radius 3 is 2.42 bits per heavy atom. The van der Waals surface area contributed by atoms with Gasteiger partial charge in [0.05, 0.1) is 11.9 Å². The van der Waals surface area contributed by atoms with Gasteiger partial charge in [-0.2, -0.15) is 5.10 Å². The van der Waals surface area contributed by atoms with E-state index in [2.05, 4.69) is 67.7 Å². The number of hydrogen-bond acceptors (Lipinski definition) is 2. The second kappa shape index (κ2) is 6.88. The standard InChI is InChI=1S/C22H24N2/c1-22(2,3)21-15-9-14-20(21)19-13-8-7-10-17(19)16-23-24-18-11-5-4-6-12-18/h4-13,15-16,24H,14H2,1-3H3. The smallest absolute Gasteiger partial charge is 0.0561 e. The molecule has 0 bridgehead atoms. The zero-order chi connectivity index (χ0) is 17.0. The summed E-state index contributed by atoms with van der Waals surface area (Å²) in [6.45, 7) is 6.81. The molecular formula is C22H24N2.